The zero-order valence-electron chi connectivity index (χ0n) is 9.73. The van der Waals surface area contributed by atoms with Crippen LogP contribution in [0.2, 0.25) is 0 Å². The first-order valence-electron chi connectivity index (χ1n) is 3.78. The molecule has 14 heavy (non-hydrogen) atoms. The van der Waals surface area contributed by atoms with Gasteiger partial charge in [-0.15, -0.1) is 0 Å². The number of alkyl carbamates (subject to hydrolysis) is 1. The van der Waals surface area contributed by atoms with E-state index < -0.39 is 25.1 Å². The zero-order valence-corrected chi connectivity index (χ0v) is 11.9. The summed E-state index contributed by atoms with van der Waals surface area (Å²) in [5.74, 6) is 0. The molecule has 0 heterocycles. The summed E-state index contributed by atoms with van der Waals surface area (Å²) in [4.78, 5) is 10.7. The minimum absolute atomic E-state index is 0. The van der Waals surface area contributed by atoms with E-state index in [1.165, 1.54) is 0 Å². The average molecular weight is 238 g/mol. The van der Waals surface area contributed by atoms with Crippen molar-refractivity contribution in [2.24, 2.45) is 0 Å². The van der Waals surface area contributed by atoms with Crippen molar-refractivity contribution >= 4 is 64.5 Å². The van der Waals surface area contributed by atoms with Gasteiger partial charge in [0.1, 0.15) is 5.60 Å². The fraction of sp³-hybridized carbons (Fsp3) is 0.833. The standard InChI is InChI=1S/C6H12BF3NO2.K/c1-6(2,3)13-5(12)11-4-7(8,9)10;/h4H2,1-3H3,(H,11,12);/q-1;/p+1. The molecule has 0 aromatic carbocycles. The molecular weight excluding hydrogens is 225 g/mol. The molecule has 8 heteroatoms. The first-order valence-corrected chi connectivity index (χ1v) is 3.78. The van der Waals surface area contributed by atoms with Crippen molar-refractivity contribution < 1.29 is 23.9 Å². The first kappa shape index (κ1) is 17.2. The van der Waals surface area contributed by atoms with Gasteiger partial charge in [0.15, 0.2) is 0 Å². The third kappa shape index (κ3) is 12.8. The van der Waals surface area contributed by atoms with Crippen molar-refractivity contribution in [2.75, 3.05) is 6.44 Å². The Morgan fingerprint density at radius 3 is 2.14 bits per heavy atom. The predicted molar refractivity (Wildman–Crippen MR) is 50.2 cm³/mol. The van der Waals surface area contributed by atoms with Crippen LogP contribution in [0.15, 0.2) is 0 Å². The van der Waals surface area contributed by atoms with Gasteiger partial charge < -0.3 is 23.0 Å². The molecule has 0 saturated carbocycles. The van der Waals surface area contributed by atoms with Gasteiger partial charge in [0.25, 0.3) is 0 Å². The van der Waals surface area contributed by atoms with E-state index in [0.29, 0.717) is 0 Å². The zero-order chi connectivity index (χ0) is 10.7. The van der Waals surface area contributed by atoms with Crippen molar-refractivity contribution in [3.63, 3.8) is 0 Å². The Labute approximate surface area is 125 Å². The summed E-state index contributed by atoms with van der Waals surface area (Å²) >= 11 is 0. The predicted octanol–water partition coefficient (Wildman–Crippen LogP) is 1.63. The Kier molecular flexibility index (Phi) is 7.81. The molecular formula is C6H13BF3KNO2. The number of halogens is 3. The Bertz CT molecular complexity index is 198. The minimum atomic E-state index is -4.99. The van der Waals surface area contributed by atoms with E-state index in [1.54, 1.807) is 26.1 Å². The molecule has 0 aliphatic carbocycles. The largest absolute Gasteiger partial charge is 1.00 e. The number of carbonyl (C=O) groups excluding carboxylic acids is 1. The molecule has 1 radical (unpaired) electrons. The molecule has 0 aromatic rings. The summed E-state index contributed by atoms with van der Waals surface area (Å²) in [5.41, 5.74) is -0.775. The number of hydrogen-bond acceptors (Lipinski definition) is 2. The maximum atomic E-state index is 11.6. The van der Waals surface area contributed by atoms with Crippen LogP contribution in [0.1, 0.15) is 22.2 Å². The number of carbonyl (C=O) groups is 1. The fourth-order valence-electron chi connectivity index (χ4n) is 0.513. The Morgan fingerprint density at radius 2 is 1.86 bits per heavy atom. The van der Waals surface area contributed by atoms with Crippen molar-refractivity contribution in [3.8, 4) is 0 Å². The molecule has 0 saturated heterocycles. The van der Waals surface area contributed by atoms with Crippen LogP contribution in [-0.2, 0) is 4.74 Å². The van der Waals surface area contributed by atoms with Gasteiger partial charge >= 0.3 is 14.5 Å². The smallest absolute Gasteiger partial charge is 0.448 e. The summed E-state index contributed by atoms with van der Waals surface area (Å²) in [5, 5.41) is 1.62. The fourth-order valence-corrected chi connectivity index (χ4v) is 0.513. The normalized spacial score (nSPS) is 11.6. The molecule has 0 bridgehead atoms. The van der Waals surface area contributed by atoms with E-state index in [2.05, 4.69) is 4.74 Å². The van der Waals surface area contributed by atoms with Crippen LogP contribution < -0.4 is 5.32 Å². The second-order valence-electron chi connectivity index (χ2n) is 3.59. The molecule has 0 aromatic heterocycles. The van der Waals surface area contributed by atoms with Crippen molar-refractivity contribution in [1.29, 1.82) is 0 Å². The van der Waals surface area contributed by atoms with Gasteiger partial charge in [0, 0.05) is 51.4 Å². The van der Waals surface area contributed by atoms with Crippen molar-refractivity contribution in [1.82, 2.24) is 5.32 Å². The topological polar surface area (TPSA) is 38.3 Å². The monoisotopic (exact) mass is 238 g/mol. The van der Waals surface area contributed by atoms with Crippen LogP contribution in [0.4, 0.5) is 17.7 Å². The second kappa shape index (κ2) is 6.37. The summed E-state index contributed by atoms with van der Waals surface area (Å²) in [6.07, 6.45) is -2.36. The van der Waals surface area contributed by atoms with Crippen LogP contribution in [0, 0.1) is 0 Å². The summed E-state index contributed by atoms with van der Waals surface area (Å²) < 4.78 is 39.5. The first-order chi connectivity index (χ1) is 5.60. The average Bonchev–Trinajstić information content (AvgIpc) is 1.78. The van der Waals surface area contributed by atoms with E-state index in [0.717, 1.165) is 0 Å². The summed E-state index contributed by atoms with van der Waals surface area (Å²) in [6, 6.07) is 0. The van der Waals surface area contributed by atoms with E-state index in [9.17, 15) is 17.7 Å². The molecule has 0 spiro atoms. The molecule has 0 unspecified atom stereocenters. The Hall–Kier alpha value is 0.761. The van der Waals surface area contributed by atoms with Gasteiger partial charge in [-0.25, -0.2) is 4.79 Å². The minimum Gasteiger partial charge on any atom is -0.448 e. The number of nitrogens with one attached hydrogen (secondary N) is 1. The summed E-state index contributed by atoms with van der Waals surface area (Å²) in [7, 11) is 0. The maximum absolute atomic E-state index is 11.6. The molecule has 0 atom stereocenters. The number of hydrogen-bond donors (Lipinski definition) is 1. The third-order valence-electron chi connectivity index (χ3n) is 0.877. The van der Waals surface area contributed by atoms with Gasteiger partial charge in [-0.3, -0.25) is 0 Å². The van der Waals surface area contributed by atoms with Crippen molar-refractivity contribution in [3.05, 3.63) is 0 Å². The molecule has 3 nitrogen and oxygen atoms in total. The van der Waals surface area contributed by atoms with Crippen LogP contribution in [0.25, 0.3) is 0 Å². The van der Waals surface area contributed by atoms with Crippen LogP contribution in [0.5, 0.6) is 0 Å². The Morgan fingerprint density at radius 1 is 1.43 bits per heavy atom. The molecule has 79 valence electrons. The van der Waals surface area contributed by atoms with E-state index in [4.69, 9.17) is 0 Å². The van der Waals surface area contributed by atoms with Crippen LogP contribution in [-0.4, -0.2) is 76.5 Å². The van der Waals surface area contributed by atoms with Gasteiger partial charge in [-0.1, -0.05) is 0 Å². The molecule has 0 aliphatic heterocycles. The molecule has 0 fully saturated rings. The summed E-state index contributed by atoms with van der Waals surface area (Å²) in [6.45, 7) is -0.267. The third-order valence-corrected chi connectivity index (χ3v) is 0.877. The van der Waals surface area contributed by atoms with Gasteiger partial charge in [-0.05, 0) is 27.2 Å². The maximum Gasteiger partial charge on any atom is 1.00 e. The number of rotatable bonds is 2. The molecule has 0 aliphatic rings. The molecule has 1 N–H and O–H groups in total. The van der Waals surface area contributed by atoms with Gasteiger partial charge in [-0.2, -0.15) is 0 Å². The number of ether oxygens (including phenoxy) is 1. The van der Waals surface area contributed by atoms with Crippen molar-refractivity contribution in [2.45, 2.75) is 26.4 Å². The Balaban J connectivity index is -0.000000720. The second-order valence-corrected chi connectivity index (χ2v) is 3.59. The van der Waals surface area contributed by atoms with Crippen LogP contribution in [0.3, 0.4) is 0 Å². The van der Waals surface area contributed by atoms with Gasteiger partial charge in [0.2, 0.25) is 0 Å². The van der Waals surface area contributed by atoms with E-state index in [1.807, 2.05) is 0 Å². The number of amides is 1. The molecule has 0 rings (SSSR count). The van der Waals surface area contributed by atoms with Crippen LogP contribution >= 0.6 is 0 Å². The SMILES string of the molecule is CC(C)(C)OC(=O)NC[B-](F)(F)F.[H+].[K]. The quantitative estimate of drug-likeness (QED) is 0.742. The van der Waals surface area contributed by atoms with E-state index in [-0.39, 0.29) is 52.8 Å². The van der Waals surface area contributed by atoms with Gasteiger partial charge in [0.05, 0.1) is 0 Å². The molecule has 1 amide bonds. The van der Waals surface area contributed by atoms with E-state index >= 15 is 0 Å².